The number of amides is 1. The van der Waals surface area contributed by atoms with Crippen LogP contribution in [0.2, 0.25) is 0 Å². The predicted molar refractivity (Wildman–Crippen MR) is 135 cm³/mol. The number of rotatable bonds is 8. The summed E-state index contributed by atoms with van der Waals surface area (Å²) in [4.78, 5) is 12.8. The molecule has 3 aromatic carbocycles. The Bertz CT molecular complexity index is 1550. The third-order valence-electron chi connectivity index (χ3n) is 5.94. The Hall–Kier alpha value is -4.73. The fraction of sp³-hybridized carbons (Fsp3) is 0.185. The number of aryl methyl sites for hydroxylation is 1. The van der Waals surface area contributed by atoms with Crippen LogP contribution >= 0.6 is 0 Å². The zero-order chi connectivity index (χ0) is 25.9. The molecule has 188 valence electrons. The first kappa shape index (κ1) is 24.0. The van der Waals surface area contributed by atoms with Gasteiger partial charge in [0, 0.05) is 12.4 Å². The summed E-state index contributed by atoms with van der Waals surface area (Å²) in [6.07, 6.45) is 2.74. The molecule has 0 aliphatic heterocycles. The second-order valence-electron chi connectivity index (χ2n) is 8.61. The van der Waals surface area contributed by atoms with E-state index in [0.29, 0.717) is 11.5 Å². The fourth-order valence-corrected chi connectivity index (χ4v) is 4.10. The fourth-order valence-electron chi connectivity index (χ4n) is 4.10. The summed E-state index contributed by atoms with van der Waals surface area (Å²) in [7, 11) is 3.30. The van der Waals surface area contributed by atoms with Gasteiger partial charge in [-0.05, 0) is 67.1 Å². The van der Waals surface area contributed by atoms with Gasteiger partial charge in [-0.3, -0.25) is 9.48 Å². The first-order chi connectivity index (χ1) is 17.9. The maximum atomic E-state index is 13.4. The quantitative estimate of drug-likeness (QED) is 0.342. The molecule has 1 amide bonds. The molecule has 0 spiro atoms. The maximum absolute atomic E-state index is 13.4. The van der Waals surface area contributed by atoms with Gasteiger partial charge in [-0.1, -0.05) is 17.3 Å². The largest absolute Gasteiger partial charge is 0.497 e. The van der Waals surface area contributed by atoms with E-state index in [1.165, 1.54) is 16.8 Å². The number of carbonyl (C=O) groups is 1. The summed E-state index contributed by atoms with van der Waals surface area (Å²) >= 11 is 0. The lowest BCUT2D eigenvalue weighted by molar-refractivity contribution is 0.0876. The van der Waals surface area contributed by atoms with Crippen LogP contribution < -0.4 is 14.8 Å². The lowest BCUT2D eigenvalue weighted by atomic mass is 10.0. The molecule has 9 nitrogen and oxygen atoms in total. The average Bonchev–Trinajstić information content (AvgIpc) is 3.54. The number of nitrogens with zero attached hydrogens (tertiary/aromatic N) is 5. The van der Waals surface area contributed by atoms with Crippen molar-refractivity contribution in [2.45, 2.75) is 19.1 Å². The van der Waals surface area contributed by atoms with Crippen molar-refractivity contribution >= 4 is 16.8 Å². The van der Waals surface area contributed by atoms with Crippen molar-refractivity contribution in [1.29, 1.82) is 0 Å². The van der Waals surface area contributed by atoms with Crippen LogP contribution in [0.15, 0.2) is 79.1 Å². The van der Waals surface area contributed by atoms with E-state index in [1.54, 1.807) is 43.4 Å². The Morgan fingerprint density at radius 2 is 1.86 bits per heavy atom. The van der Waals surface area contributed by atoms with Crippen molar-refractivity contribution in [2.24, 2.45) is 7.05 Å². The maximum Gasteiger partial charge on any atom is 0.273 e. The highest BCUT2D eigenvalue weighted by atomic mass is 19.1. The number of nitrogens with one attached hydrogen (secondary N) is 1. The lowest BCUT2D eigenvalue weighted by Crippen LogP contribution is -2.39. The Morgan fingerprint density at radius 1 is 1.05 bits per heavy atom. The third-order valence-corrected chi connectivity index (χ3v) is 5.94. The minimum atomic E-state index is -0.541. The standard InChI is InChI=1S/C27H25FN6O3/c1-17(30-27(35)24-16-33(2)32-31-24)26(18-5-4-6-22(13-18)36-3)37-23-11-12-25-19(14-23)15-29-34(25)21-9-7-20(28)8-10-21/h4-17,26H,1-3H3,(H,30,35)/t17-,26+/m0/s1. The summed E-state index contributed by atoms with van der Waals surface area (Å²) < 4.78 is 28.4. The van der Waals surface area contributed by atoms with Gasteiger partial charge < -0.3 is 14.8 Å². The minimum absolute atomic E-state index is 0.216. The summed E-state index contributed by atoms with van der Waals surface area (Å²) in [5.41, 5.74) is 2.64. The highest BCUT2D eigenvalue weighted by molar-refractivity contribution is 5.92. The number of carbonyl (C=O) groups excluding carboxylic acids is 1. The zero-order valence-electron chi connectivity index (χ0n) is 20.5. The number of ether oxygens (including phenoxy) is 2. The Kier molecular flexibility index (Phi) is 6.55. The molecule has 0 unspecified atom stereocenters. The number of benzene rings is 3. The van der Waals surface area contributed by atoms with Crippen LogP contribution in [-0.2, 0) is 7.05 Å². The molecule has 0 bridgehead atoms. The van der Waals surface area contributed by atoms with Gasteiger partial charge in [-0.2, -0.15) is 5.10 Å². The molecule has 2 atom stereocenters. The van der Waals surface area contributed by atoms with Crippen molar-refractivity contribution in [3.8, 4) is 17.2 Å². The lowest BCUT2D eigenvalue weighted by Gasteiger charge is -2.26. The molecule has 37 heavy (non-hydrogen) atoms. The van der Waals surface area contributed by atoms with E-state index < -0.39 is 12.1 Å². The second kappa shape index (κ2) is 10.1. The minimum Gasteiger partial charge on any atom is -0.497 e. The topological polar surface area (TPSA) is 96.1 Å². The van der Waals surface area contributed by atoms with Gasteiger partial charge in [0.15, 0.2) is 5.69 Å². The smallest absolute Gasteiger partial charge is 0.273 e. The first-order valence-corrected chi connectivity index (χ1v) is 11.6. The van der Waals surface area contributed by atoms with Gasteiger partial charge >= 0.3 is 0 Å². The summed E-state index contributed by atoms with van der Waals surface area (Å²) in [6, 6.07) is 18.8. The number of fused-ring (bicyclic) bond motifs is 1. The van der Waals surface area contributed by atoms with Gasteiger partial charge in [0.1, 0.15) is 23.4 Å². The molecule has 5 rings (SSSR count). The number of hydrogen-bond donors (Lipinski definition) is 1. The van der Waals surface area contributed by atoms with E-state index in [0.717, 1.165) is 22.2 Å². The number of halogens is 1. The molecule has 10 heteroatoms. The average molecular weight is 501 g/mol. The van der Waals surface area contributed by atoms with Gasteiger partial charge in [0.25, 0.3) is 5.91 Å². The highest BCUT2D eigenvalue weighted by Gasteiger charge is 2.25. The molecule has 1 N–H and O–H groups in total. The Labute approximate surface area is 212 Å². The second-order valence-corrected chi connectivity index (χ2v) is 8.61. The number of methoxy groups -OCH3 is 1. The van der Waals surface area contributed by atoms with E-state index in [2.05, 4.69) is 20.7 Å². The SMILES string of the molecule is COc1cccc([C@H](Oc2ccc3c(cnn3-c3ccc(F)cc3)c2)[C@H](C)NC(=O)c2cn(C)nn2)c1. The van der Waals surface area contributed by atoms with Crippen LogP contribution in [0.25, 0.3) is 16.6 Å². The zero-order valence-corrected chi connectivity index (χ0v) is 20.5. The van der Waals surface area contributed by atoms with Crippen molar-refractivity contribution < 1.29 is 18.7 Å². The van der Waals surface area contributed by atoms with Crippen LogP contribution in [0.3, 0.4) is 0 Å². The molecule has 0 aliphatic rings. The van der Waals surface area contributed by atoms with Crippen molar-refractivity contribution in [1.82, 2.24) is 30.1 Å². The van der Waals surface area contributed by atoms with Crippen molar-refractivity contribution in [2.75, 3.05) is 7.11 Å². The summed E-state index contributed by atoms with van der Waals surface area (Å²) in [5.74, 6) is 0.613. The molecule has 0 fully saturated rings. The molecule has 0 aliphatic carbocycles. The molecular weight excluding hydrogens is 475 g/mol. The van der Waals surface area contributed by atoms with Crippen molar-refractivity contribution in [3.05, 3.63) is 96.2 Å². The van der Waals surface area contributed by atoms with Gasteiger partial charge in [0.2, 0.25) is 0 Å². The van der Waals surface area contributed by atoms with E-state index in [9.17, 15) is 9.18 Å². The molecule has 0 saturated heterocycles. The molecule has 2 aromatic heterocycles. The van der Waals surface area contributed by atoms with Crippen molar-refractivity contribution in [3.63, 3.8) is 0 Å². The molecule has 5 aromatic rings. The van der Waals surface area contributed by atoms with Gasteiger partial charge in [-0.15, -0.1) is 5.10 Å². The highest BCUT2D eigenvalue weighted by Crippen LogP contribution is 2.30. The molecular formula is C27H25FN6O3. The molecule has 2 heterocycles. The Morgan fingerprint density at radius 3 is 2.59 bits per heavy atom. The normalized spacial score (nSPS) is 12.8. The molecule has 0 radical (unpaired) electrons. The van der Waals surface area contributed by atoms with Gasteiger partial charge in [-0.25, -0.2) is 9.07 Å². The Balaban J connectivity index is 1.44. The number of hydrogen-bond acceptors (Lipinski definition) is 6. The van der Waals surface area contributed by atoms with E-state index >= 15 is 0 Å². The van der Waals surface area contributed by atoms with Crippen LogP contribution in [0.4, 0.5) is 4.39 Å². The molecule has 0 saturated carbocycles. The third kappa shape index (κ3) is 5.13. The predicted octanol–water partition coefficient (Wildman–Crippen LogP) is 4.24. The van der Waals surface area contributed by atoms with Gasteiger partial charge in [0.05, 0.1) is 36.7 Å². The van der Waals surface area contributed by atoms with Crippen LogP contribution in [-0.4, -0.2) is 43.8 Å². The monoisotopic (exact) mass is 500 g/mol. The van der Waals surface area contributed by atoms with E-state index in [4.69, 9.17) is 9.47 Å². The summed E-state index contributed by atoms with van der Waals surface area (Å²) in [5, 5.41) is 16.0. The summed E-state index contributed by atoms with van der Waals surface area (Å²) in [6.45, 7) is 1.86. The van der Waals surface area contributed by atoms with E-state index in [1.807, 2.05) is 49.4 Å². The van der Waals surface area contributed by atoms with E-state index in [-0.39, 0.29) is 17.4 Å². The van der Waals surface area contributed by atoms with Crippen LogP contribution in [0.5, 0.6) is 11.5 Å². The number of aromatic nitrogens is 5. The van der Waals surface area contributed by atoms with Crippen LogP contribution in [0, 0.1) is 5.82 Å². The van der Waals surface area contributed by atoms with Crippen LogP contribution in [0.1, 0.15) is 29.1 Å². The first-order valence-electron chi connectivity index (χ1n) is 11.6.